The zero-order chi connectivity index (χ0) is 16.2. The third-order valence-electron chi connectivity index (χ3n) is 2.98. The molecule has 0 heterocycles. The van der Waals surface area contributed by atoms with E-state index < -0.39 is 27.8 Å². The first-order valence-corrected chi connectivity index (χ1v) is 8.11. The third kappa shape index (κ3) is 4.37. The van der Waals surface area contributed by atoms with E-state index in [2.05, 4.69) is 4.72 Å². The van der Waals surface area contributed by atoms with E-state index in [0.717, 1.165) is 0 Å². The second-order valence-electron chi connectivity index (χ2n) is 4.75. The van der Waals surface area contributed by atoms with Crippen molar-refractivity contribution in [2.45, 2.75) is 11.8 Å². The van der Waals surface area contributed by atoms with Crippen molar-refractivity contribution in [3.63, 3.8) is 0 Å². The number of carbonyl (C=O) groups excluding carboxylic acids is 1. The smallest absolute Gasteiger partial charge is 0.240 e. The molecule has 0 aliphatic heterocycles. The maximum atomic E-state index is 12.8. The molecule has 2 aromatic rings. The number of halogens is 1. The molecule has 2 rings (SSSR count). The number of carbonyl (C=O) groups is 1. The molecular formula is C15H15FN2O3S. The molecule has 1 atom stereocenters. The van der Waals surface area contributed by atoms with Crippen LogP contribution in [0.3, 0.4) is 0 Å². The largest absolute Gasteiger partial charge is 0.368 e. The third-order valence-corrected chi connectivity index (χ3v) is 4.29. The van der Waals surface area contributed by atoms with E-state index in [0.29, 0.717) is 11.1 Å². The van der Waals surface area contributed by atoms with Crippen LogP contribution in [0, 0.1) is 5.82 Å². The Morgan fingerprint density at radius 2 is 1.68 bits per heavy atom. The highest BCUT2D eigenvalue weighted by atomic mass is 32.2. The average molecular weight is 322 g/mol. The molecule has 0 aliphatic carbocycles. The molecule has 0 spiro atoms. The van der Waals surface area contributed by atoms with Crippen LogP contribution in [0.1, 0.15) is 17.2 Å². The topological polar surface area (TPSA) is 89.3 Å². The van der Waals surface area contributed by atoms with E-state index in [1.54, 1.807) is 30.3 Å². The number of sulfonamides is 1. The van der Waals surface area contributed by atoms with Crippen LogP contribution in [-0.4, -0.2) is 14.3 Å². The monoisotopic (exact) mass is 322 g/mol. The first-order chi connectivity index (χ1) is 10.4. The van der Waals surface area contributed by atoms with Crippen molar-refractivity contribution < 1.29 is 17.6 Å². The minimum atomic E-state index is -3.81. The maximum Gasteiger partial charge on any atom is 0.240 e. The van der Waals surface area contributed by atoms with Gasteiger partial charge in [-0.1, -0.05) is 42.5 Å². The summed E-state index contributed by atoms with van der Waals surface area (Å²) in [5.41, 5.74) is 6.14. The number of hydrogen-bond acceptors (Lipinski definition) is 3. The Kier molecular flexibility index (Phi) is 4.89. The first-order valence-electron chi connectivity index (χ1n) is 6.46. The van der Waals surface area contributed by atoms with E-state index >= 15 is 0 Å². The van der Waals surface area contributed by atoms with Gasteiger partial charge in [-0.3, -0.25) is 4.79 Å². The van der Waals surface area contributed by atoms with E-state index in [-0.39, 0.29) is 5.75 Å². The lowest BCUT2D eigenvalue weighted by molar-refractivity contribution is -0.119. The van der Waals surface area contributed by atoms with Crippen LogP contribution in [0.15, 0.2) is 54.6 Å². The molecular weight excluding hydrogens is 307 g/mol. The van der Waals surface area contributed by atoms with Crippen molar-refractivity contribution in [1.82, 2.24) is 4.72 Å². The molecule has 22 heavy (non-hydrogen) atoms. The van der Waals surface area contributed by atoms with Crippen LogP contribution in [0.4, 0.5) is 4.39 Å². The van der Waals surface area contributed by atoms with Crippen molar-refractivity contribution in [2.75, 3.05) is 0 Å². The highest BCUT2D eigenvalue weighted by molar-refractivity contribution is 7.88. The van der Waals surface area contributed by atoms with Crippen molar-refractivity contribution in [3.05, 3.63) is 71.5 Å². The highest BCUT2D eigenvalue weighted by Gasteiger charge is 2.24. The predicted octanol–water partition coefficient (Wildman–Crippen LogP) is 1.47. The lowest BCUT2D eigenvalue weighted by atomic mass is 10.1. The fourth-order valence-electron chi connectivity index (χ4n) is 1.96. The summed E-state index contributed by atoms with van der Waals surface area (Å²) in [7, 11) is -3.81. The molecule has 2 aromatic carbocycles. The summed E-state index contributed by atoms with van der Waals surface area (Å²) in [5, 5.41) is 0. The Morgan fingerprint density at radius 1 is 1.09 bits per heavy atom. The molecule has 3 N–H and O–H groups in total. The molecule has 0 radical (unpaired) electrons. The average Bonchev–Trinajstić information content (AvgIpc) is 2.48. The number of primary amides is 1. The standard InChI is InChI=1S/C15H15FN2O3S/c16-13-8-6-11(7-9-13)10-22(20,21)18-14(15(17)19)12-4-2-1-3-5-12/h1-9,14,18H,10H2,(H2,17,19). The number of amides is 1. The summed E-state index contributed by atoms with van der Waals surface area (Å²) in [4.78, 5) is 11.5. The molecule has 5 nitrogen and oxygen atoms in total. The van der Waals surface area contributed by atoms with Gasteiger partial charge in [0, 0.05) is 0 Å². The fourth-order valence-corrected chi connectivity index (χ4v) is 3.28. The van der Waals surface area contributed by atoms with E-state index in [9.17, 15) is 17.6 Å². The van der Waals surface area contributed by atoms with Gasteiger partial charge in [-0.15, -0.1) is 0 Å². The molecule has 0 saturated heterocycles. The predicted molar refractivity (Wildman–Crippen MR) is 80.5 cm³/mol. The number of benzene rings is 2. The van der Waals surface area contributed by atoms with Gasteiger partial charge in [0.1, 0.15) is 11.9 Å². The van der Waals surface area contributed by atoms with Gasteiger partial charge in [-0.05, 0) is 23.3 Å². The first kappa shape index (κ1) is 16.1. The van der Waals surface area contributed by atoms with Gasteiger partial charge in [-0.25, -0.2) is 12.8 Å². The van der Waals surface area contributed by atoms with Gasteiger partial charge < -0.3 is 5.73 Å². The molecule has 116 valence electrons. The van der Waals surface area contributed by atoms with E-state index in [1.807, 2.05) is 0 Å². The van der Waals surface area contributed by atoms with Gasteiger partial charge in [0.25, 0.3) is 0 Å². The summed E-state index contributed by atoms with van der Waals surface area (Å²) in [5.74, 6) is -1.62. The Hall–Kier alpha value is -2.25. The molecule has 0 saturated carbocycles. The van der Waals surface area contributed by atoms with Crippen LogP contribution in [0.5, 0.6) is 0 Å². The Labute approximate surface area is 128 Å². The quantitative estimate of drug-likeness (QED) is 0.844. The molecule has 1 amide bonds. The molecule has 0 aliphatic rings. The fraction of sp³-hybridized carbons (Fsp3) is 0.133. The molecule has 1 unspecified atom stereocenters. The highest BCUT2D eigenvalue weighted by Crippen LogP contribution is 2.15. The van der Waals surface area contributed by atoms with Crippen molar-refractivity contribution in [1.29, 1.82) is 0 Å². The zero-order valence-corrected chi connectivity index (χ0v) is 12.4. The number of rotatable bonds is 6. The van der Waals surface area contributed by atoms with Gasteiger partial charge in [0.2, 0.25) is 15.9 Å². The van der Waals surface area contributed by atoms with Crippen LogP contribution < -0.4 is 10.5 Å². The number of nitrogens with two attached hydrogens (primary N) is 1. The SMILES string of the molecule is NC(=O)C(NS(=O)(=O)Cc1ccc(F)cc1)c1ccccc1. The number of nitrogens with one attached hydrogen (secondary N) is 1. The van der Waals surface area contributed by atoms with E-state index in [4.69, 9.17) is 5.73 Å². The Balaban J connectivity index is 2.18. The maximum absolute atomic E-state index is 12.8. The Morgan fingerprint density at radius 3 is 2.23 bits per heavy atom. The van der Waals surface area contributed by atoms with Crippen LogP contribution in [-0.2, 0) is 20.6 Å². The summed E-state index contributed by atoms with van der Waals surface area (Å²) in [6, 6.07) is 12.3. The minimum Gasteiger partial charge on any atom is -0.368 e. The molecule has 7 heteroatoms. The molecule has 0 fully saturated rings. The van der Waals surface area contributed by atoms with Crippen LogP contribution >= 0.6 is 0 Å². The van der Waals surface area contributed by atoms with Crippen molar-refractivity contribution in [3.8, 4) is 0 Å². The lowest BCUT2D eigenvalue weighted by Gasteiger charge is -2.16. The van der Waals surface area contributed by atoms with Gasteiger partial charge >= 0.3 is 0 Å². The molecule has 0 bridgehead atoms. The van der Waals surface area contributed by atoms with E-state index in [1.165, 1.54) is 24.3 Å². The summed E-state index contributed by atoms with van der Waals surface area (Å²) in [6.45, 7) is 0. The van der Waals surface area contributed by atoms with Gasteiger partial charge in [0.15, 0.2) is 0 Å². The minimum absolute atomic E-state index is 0.371. The second-order valence-corrected chi connectivity index (χ2v) is 6.50. The summed E-state index contributed by atoms with van der Waals surface area (Å²) < 4.78 is 39.4. The normalized spacial score (nSPS) is 12.8. The Bertz CT molecular complexity index is 746. The van der Waals surface area contributed by atoms with Crippen molar-refractivity contribution in [2.24, 2.45) is 5.73 Å². The van der Waals surface area contributed by atoms with Gasteiger partial charge in [0.05, 0.1) is 5.75 Å². The summed E-state index contributed by atoms with van der Waals surface area (Å²) >= 11 is 0. The van der Waals surface area contributed by atoms with Crippen molar-refractivity contribution >= 4 is 15.9 Å². The van der Waals surface area contributed by atoms with Crippen LogP contribution in [0.25, 0.3) is 0 Å². The zero-order valence-electron chi connectivity index (χ0n) is 11.6. The van der Waals surface area contributed by atoms with Crippen LogP contribution in [0.2, 0.25) is 0 Å². The summed E-state index contributed by atoms with van der Waals surface area (Å²) in [6.07, 6.45) is 0. The molecule has 0 aromatic heterocycles. The van der Waals surface area contributed by atoms with Gasteiger partial charge in [-0.2, -0.15) is 4.72 Å². The lowest BCUT2D eigenvalue weighted by Crippen LogP contribution is -2.38. The number of hydrogen-bond donors (Lipinski definition) is 2. The second kappa shape index (κ2) is 6.67.